The lowest BCUT2D eigenvalue weighted by Gasteiger charge is -2.24. The highest BCUT2D eigenvalue weighted by Gasteiger charge is 2.25. The molecule has 6 nitrogen and oxygen atoms in total. The smallest absolute Gasteiger partial charge is 0.262 e. The van der Waals surface area contributed by atoms with Gasteiger partial charge in [-0.1, -0.05) is 18.2 Å². The van der Waals surface area contributed by atoms with E-state index in [4.69, 9.17) is 0 Å². The van der Waals surface area contributed by atoms with Gasteiger partial charge in [0, 0.05) is 43.6 Å². The van der Waals surface area contributed by atoms with Crippen LogP contribution in [-0.4, -0.2) is 50.0 Å². The third-order valence-electron chi connectivity index (χ3n) is 6.31. The van der Waals surface area contributed by atoms with Crippen LogP contribution < -0.4 is 5.56 Å². The van der Waals surface area contributed by atoms with Gasteiger partial charge in [0.1, 0.15) is 5.52 Å². The van der Waals surface area contributed by atoms with E-state index < -0.39 is 0 Å². The number of pyridine rings is 1. The second-order valence-corrected chi connectivity index (χ2v) is 8.10. The van der Waals surface area contributed by atoms with Gasteiger partial charge in [0.2, 0.25) is 0 Å². The zero-order valence-corrected chi connectivity index (χ0v) is 17.5. The Hall–Kier alpha value is -2.44. The summed E-state index contributed by atoms with van der Waals surface area (Å²) in [5, 5.41) is 18.3. The molecule has 0 saturated carbocycles. The van der Waals surface area contributed by atoms with Crippen LogP contribution in [0.2, 0.25) is 0 Å². The molecule has 1 saturated heterocycles. The van der Waals surface area contributed by atoms with E-state index in [0.29, 0.717) is 41.6 Å². The van der Waals surface area contributed by atoms with E-state index in [0.717, 1.165) is 23.0 Å². The van der Waals surface area contributed by atoms with Gasteiger partial charge in [-0.15, -0.1) is 0 Å². The van der Waals surface area contributed by atoms with Crippen LogP contribution in [0.4, 0.5) is 0 Å². The molecule has 2 N–H and O–H groups in total. The number of hydrogen-bond acceptors (Lipinski definition) is 4. The summed E-state index contributed by atoms with van der Waals surface area (Å²) in [6, 6.07) is 7.47. The van der Waals surface area contributed by atoms with Crippen molar-refractivity contribution in [2.24, 2.45) is 0 Å². The van der Waals surface area contributed by atoms with Crippen LogP contribution in [0.25, 0.3) is 27.9 Å². The molecule has 1 aliphatic heterocycles. The Bertz CT molecular complexity index is 1100. The summed E-state index contributed by atoms with van der Waals surface area (Å²) in [5.41, 5.74) is 3.34. The van der Waals surface area contributed by atoms with Crippen molar-refractivity contribution < 1.29 is 5.11 Å². The molecule has 2 atom stereocenters. The van der Waals surface area contributed by atoms with Gasteiger partial charge in [0.25, 0.3) is 5.56 Å². The van der Waals surface area contributed by atoms with Crippen LogP contribution in [0.5, 0.6) is 0 Å². The second-order valence-electron chi connectivity index (χ2n) is 8.10. The normalized spacial score (nSPS) is 20.6. The van der Waals surface area contributed by atoms with E-state index in [2.05, 4.69) is 53.2 Å². The summed E-state index contributed by atoms with van der Waals surface area (Å²) in [6.45, 7) is 8.11. The van der Waals surface area contributed by atoms with Gasteiger partial charge >= 0.3 is 0 Å². The molecule has 4 rings (SSSR count). The molecule has 1 aromatic carbocycles. The summed E-state index contributed by atoms with van der Waals surface area (Å²) < 4.78 is 1.79. The topological polar surface area (TPSA) is 74.1 Å². The molecule has 3 heterocycles. The SMILES string of the molecule is CCn1c(=O)c2c(CCO)[nH]nc2c2cc(/C=C/CN3[C@@H](C)CC[C@@H]3C)ccc21. The monoisotopic (exact) mass is 394 g/mol. The largest absolute Gasteiger partial charge is 0.396 e. The molecule has 0 bridgehead atoms. The minimum Gasteiger partial charge on any atom is -0.396 e. The molecule has 29 heavy (non-hydrogen) atoms. The van der Waals surface area contributed by atoms with Gasteiger partial charge in [-0.2, -0.15) is 5.10 Å². The maximum atomic E-state index is 13.0. The van der Waals surface area contributed by atoms with Crippen LogP contribution in [0.1, 0.15) is 44.9 Å². The lowest BCUT2D eigenvalue weighted by molar-refractivity contribution is 0.239. The number of aliphatic hydroxyl groups is 1. The van der Waals surface area contributed by atoms with E-state index in [1.807, 2.05) is 13.0 Å². The number of H-pyrrole nitrogens is 1. The van der Waals surface area contributed by atoms with Crippen molar-refractivity contribution >= 4 is 27.9 Å². The Morgan fingerprint density at radius 3 is 2.72 bits per heavy atom. The average Bonchev–Trinajstić information content (AvgIpc) is 3.27. The second kappa shape index (κ2) is 8.13. The van der Waals surface area contributed by atoms with Crippen molar-refractivity contribution in [2.75, 3.05) is 13.2 Å². The quantitative estimate of drug-likeness (QED) is 0.673. The summed E-state index contributed by atoms with van der Waals surface area (Å²) in [7, 11) is 0. The first-order valence-electron chi connectivity index (χ1n) is 10.6. The molecule has 154 valence electrons. The van der Waals surface area contributed by atoms with Crippen molar-refractivity contribution in [1.82, 2.24) is 19.7 Å². The molecule has 0 aliphatic carbocycles. The first-order chi connectivity index (χ1) is 14.0. The van der Waals surface area contributed by atoms with Gasteiger partial charge < -0.3 is 9.67 Å². The molecule has 0 unspecified atom stereocenters. The van der Waals surface area contributed by atoms with Crippen LogP contribution in [0.15, 0.2) is 29.1 Å². The number of likely N-dealkylation sites (tertiary alicyclic amines) is 1. The van der Waals surface area contributed by atoms with E-state index in [9.17, 15) is 9.90 Å². The van der Waals surface area contributed by atoms with Gasteiger partial charge in [0.15, 0.2) is 0 Å². The highest BCUT2D eigenvalue weighted by molar-refractivity contribution is 6.04. The fraction of sp³-hybridized carbons (Fsp3) is 0.478. The van der Waals surface area contributed by atoms with Crippen molar-refractivity contribution in [3.05, 3.63) is 45.9 Å². The predicted octanol–water partition coefficient (Wildman–Crippen LogP) is 3.32. The van der Waals surface area contributed by atoms with Gasteiger partial charge in [-0.3, -0.25) is 14.8 Å². The highest BCUT2D eigenvalue weighted by atomic mass is 16.3. The number of nitrogens with zero attached hydrogens (tertiary/aromatic N) is 3. The first-order valence-corrected chi connectivity index (χ1v) is 10.6. The summed E-state index contributed by atoms with van der Waals surface area (Å²) in [4.78, 5) is 15.5. The molecule has 0 radical (unpaired) electrons. The van der Waals surface area contributed by atoms with Crippen molar-refractivity contribution in [3.8, 4) is 0 Å². The van der Waals surface area contributed by atoms with Gasteiger partial charge in [-0.05, 0) is 51.3 Å². The van der Waals surface area contributed by atoms with E-state index >= 15 is 0 Å². The maximum absolute atomic E-state index is 13.0. The van der Waals surface area contributed by atoms with Crippen LogP contribution in [-0.2, 0) is 13.0 Å². The maximum Gasteiger partial charge on any atom is 0.262 e. The van der Waals surface area contributed by atoms with E-state index in [-0.39, 0.29) is 12.2 Å². The van der Waals surface area contributed by atoms with Crippen LogP contribution >= 0.6 is 0 Å². The molecular weight excluding hydrogens is 364 g/mol. The number of aromatic amines is 1. The van der Waals surface area contributed by atoms with Gasteiger partial charge in [0.05, 0.1) is 16.6 Å². The molecule has 2 aromatic heterocycles. The average molecular weight is 395 g/mol. The zero-order valence-electron chi connectivity index (χ0n) is 17.5. The fourth-order valence-electron chi connectivity index (χ4n) is 4.66. The Kier molecular flexibility index (Phi) is 5.56. The van der Waals surface area contributed by atoms with E-state index in [1.54, 1.807) is 4.57 Å². The Morgan fingerprint density at radius 2 is 2.03 bits per heavy atom. The minimum absolute atomic E-state index is 0.0168. The highest BCUT2D eigenvalue weighted by Crippen LogP contribution is 2.26. The molecule has 1 aliphatic rings. The molecule has 3 aromatic rings. The number of aryl methyl sites for hydroxylation is 1. The predicted molar refractivity (Wildman–Crippen MR) is 118 cm³/mol. The lowest BCUT2D eigenvalue weighted by atomic mass is 10.1. The Morgan fingerprint density at radius 1 is 1.28 bits per heavy atom. The van der Waals surface area contributed by atoms with Crippen LogP contribution in [0, 0.1) is 0 Å². The minimum atomic E-state index is -0.0486. The van der Waals surface area contributed by atoms with Crippen molar-refractivity contribution in [3.63, 3.8) is 0 Å². The zero-order chi connectivity index (χ0) is 20.5. The molecule has 0 amide bonds. The number of benzene rings is 1. The number of aromatic nitrogens is 3. The summed E-state index contributed by atoms with van der Waals surface area (Å²) >= 11 is 0. The molecule has 0 spiro atoms. The fourth-order valence-corrected chi connectivity index (χ4v) is 4.66. The number of rotatable bonds is 6. The third-order valence-corrected chi connectivity index (χ3v) is 6.31. The van der Waals surface area contributed by atoms with Crippen molar-refractivity contribution in [1.29, 1.82) is 0 Å². The number of fused-ring (bicyclic) bond motifs is 3. The summed E-state index contributed by atoms with van der Waals surface area (Å²) in [5.74, 6) is 0. The molecular formula is C23H30N4O2. The summed E-state index contributed by atoms with van der Waals surface area (Å²) in [6.07, 6.45) is 7.33. The number of hydrogen-bond donors (Lipinski definition) is 2. The molecule has 6 heteroatoms. The number of aliphatic hydroxyl groups excluding tert-OH is 1. The third kappa shape index (κ3) is 3.51. The lowest BCUT2D eigenvalue weighted by Crippen LogP contribution is -2.32. The Labute approximate surface area is 170 Å². The number of nitrogens with one attached hydrogen (secondary N) is 1. The van der Waals surface area contributed by atoms with Crippen molar-refractivity contribution in [2.45, 2.75) is 58.7 Å². The van der Waals surface area contributed by atoms with Crippen LogP contribution in [0.3, 0.4) is 0 Å². The molecule has 1 fully saturated rings. The Balaban J connectivity index is 1.75. The van der Waals surface area contributed by atoms with Gasteiger partial charge in [-0.25, -0.2) is 0 Å². The standard InChI is InChI=1S/C23H30N4O2/c1-4-26-20-10-9-17(6-5-12-27-15(2)7-8-16(27)3)14-18(20)22-21(23(26)29)19(11-13-28)24-25-22/h5-6,9-10,14-16,28H,4,7-8,11-13H2,1-3H3,(H,24,25)/b6-5+/t15-,16-/m0/s1. The van der Waals surface area contributed by atoms with E-state index in [1.165, 1.54) is 12.8 Å². The first kappa shape index (κ1) is 19.9.